The Morgan fingerprint density at radius 3 is 2.78 bits per heavy atom. The molecule has 0 aliphatic rings. The SMILES string of the molecule is Cc1ncccc1CNC(C)C(C)n1cccn1. The molecule has 18 heavy (non-hydrogen) atoms. The van der Waals surface area contributed by atoms with Crippen LogP contribution in [0.4, 0.5) is 0 Å². The summed E-state index contributed by atoms with van der Waals surface area (Å²) in [6.07, 6.45) is 5.64. The Kier molecular flexibility index (Phi) is 4.10. The molecule has 0 radical (unpaired) electrons. The van der Waals surface area contributed by atoms with Crippen LogP contribution in [-0.2, 0) is 6.54 Å². The standard InChI is InChI=1S/C14H20N4/c1-11(13(3)18-9-5-8-17-18)16-10-14-6-4-7-15-12(14)2/h4-9,11,13,16H,10H2,1-3H3. The van der Waals surface area contributed by atoms with Gasteiger partial charge in [0.25, 0.3) is 0 Å². The van der Waals surface area contributed by atoms with Gasteiger partial charge in [-0.15, -0.1) is 0 Å². The highest BCUT2D eigenvalue weighted by Gasteiger charge is 2.13. The number of hydrogen-bond donors (Lipinski definition) is 1. The number of pyridine rings is 1. The maximum Gasteiger partial charge on any atom is 0.0641 e. The number of rotatable bonds is 5. The van der Waals surface area contributed by atoms with Crippen molar-refractivity contribution in [3.8, 4) is 0 Å². The van der Waals surface area contributed by atoms with Gasteiger partial charge in [-0.1, -0.05) is 6.07 Å². The molecule has 2 rings (SSSR count). The van der Waals surface area contributed by atoms with E-state index >= 15 is 0 Å². The molecule has 0 amide bonds. The van der Waals surface area contributed by atoms with Crippen LogP contribution < -0.4 is 5.32 Å². The summed E-state index contributed by atoms with van der Waals surface area (Å²) in [5, 5.41) is 7.80. The van der Waals surface area contributed by atoms with Crippen molar-refractivity contribution in [3.63, 3.8) is 0 Å². The molecule has 2 atom stereocenters. The van der Waals surface area contributed by atoms with Gasteiger partial charge in [-0.2, -0.15) is 5.10 Å². The first-order valence-electron chi connectivity index (χ1n) is 6.31. The van der Waals surface area contributed by atoms with E-state index in [0.717, 1.165) is 12.2 Å². The third-order valence-electron chi connectivity index (χ3n) is 3.40. The third kappa shape index (κ3) is 2.96. The zero-order chi connectivity index (χ0) is 13.0. The predicted octanol–water partition coefficient (Wildman–Crippen LogP) is 2.33. The monoisotopic (exact) mass is 244 g/mol. The molecule has 2 unspecified atom stereocenters. The number of hydrogen-bond acceptors (Lipinski definition) is 3. The smallest absolute Gasteiger partial charge is 0.0641 e. The summed E-state index contributed by atoms with van der Waals surface area (Å²) < 4.78 is 1.98. The number of aromatic nitrogens is 3. The quantitative estimate of drug-likeness (QED) is 0.877. The summed E-state index contributed by atoms with van der Waals surface area (Å²) in [7, 11) is 0. The lowest BCUT2D eigenvalue weighted by atomic mass is 10.1. The summed E-state index contributed by atoms with van der Waals surface area (Å²) >= 11 is 0. The first kappa shape index (κ1) is 12.8. The van der Waals surface area contributed by atoms with Crippen LogP contribution in [0.5, 0.6) is 0 Å². The number of aryl methyl sites for hydroxylation is 1. The van der Waals surface area contributed by atoms with Gasteiger partial charge in [0.05, 0.1) is 6.04 Å². The molecule has 0 aliphatic carbocycles. The fourth-order valence-corrected chi connectivity index (χ4v) is 1.90. The molecular weight excluding hydrogens is 224 g/mol. The minimum atomic E-state index is 0.331. The molecule has 0 spiro atoms. The van der Waals surface area contributed by atoms with Crippen molar-refractivity contribution >= 4 is 0 Å². The van der Waals surface area contributed by atoms with Crippen molar-refractivity contribution in [2.45, 2.75) is 39.4 Å². The highest BCUT2D eigenvalue weighted by Crippen LogP contribution is 2.10. The van der Waals surface area contributed by atoms with Crippen LogP contribution in [-0.4, -0.2) is 20.8 Å². The molecular formula is C14H20N4. The Balaban J connectivity index is 1.92. The number of nitrogens with one attached hydrogen (secondary N) is 1. The van der Waals surface area contributed by atoms with Crippen molar-refractivity contribution in [2.24, 2.45) is 0 Å². The molecule has 0 aliphatic heterocycles. The molecule has 0 saturated heterocycles. The van der Waals surface area contributed by atoms with E-state index in [-0.39, 0.29) is 0 Å². The largest absolute Gasteiger partial charge is 0.308 e. The van der Waals surface area contributed by atoms with Gasteiger partial charge in [-0.05, 0) is 38.5 Å². The summed E-state index contributed by atoms with van der Waals surface area (Å²) in [5.41, 5.74) is 2.33. The third-order valence-corrected chi connectivity index (χ3v) is 3.40. The molecule has 0 aromatic carbocycles. The van der Waals surface area contributed by atoms with Crippen molar-refractivity contribution in [2.75, 3.05) is 0 Å². The lowest BCUT2D eigenvalue weighted by Gasteiger charge is -2.22. The van der Waals surface area contributed by atoms with Crippen LogP contribution in [0, 0.1) is 6.92 Å². The van der Waals surface area contributed by atoms with E-state index in [2.05, 4.69) is 35.3 Å². The van der Waals surface area contributed by atoms with Crippen molar-refractivity contribution < 1.29 is 0 Å². The Bertz CT molecular complexity index is 478. The summed E-state index contributed by atoms with van der Waals surface area (Å²) in [6.45, 7) is 7.23. The van der Waals surface area contributed by atoms with Crippen molar-refractivity contribution in [3.05, 3.63) is 48.0 Å². The van der Waals surface area contributed by atoms with Crippen LogP contribution in [0.15, 0.2) is 36.8 Å². The zero-order valence-corrected chi connectivity index (χ0v) is 11.2. The van der Waals surface area contributed by atoms with Gasteiger partial charge >= 0.3 is 0 Å². The van der Waals surface area contributed by atoms with Gasteiger partial charge < -0.3 is 5.32 Å². The van der Waals surface area contributed by atoms with Crippen LogP contribution in [0.2, 0.25) is 0 Å². The van der Waals surface area contributed by atoms with Gasteiger partial charge in [0, 0.05) is 36.9 Å². The molecule has 0 bridgehead atoms. The minimum Gasteiger partial charge on any atom is -0.308 e. The van der Waals surface area contributed by atoms with E-state index in [9.17, 15) is 0 Å². The first-order chi connectivity index (χ1) is 8.68. The second-order valence-corrected chi connectivity index (χ2v) is 4.64. The summed E-state index contributed by atoms with van der Waals surface area (Å²) in [5.74, 6) is 0. The van der Waals surface area contributed by atoms with E-state index < -0.39 is 0 Å². The van der Waals surface area contributed by atoms with E-state index in [4.69, 9.17) is 0 Å². The maximum absolute atomic E-state index is 4.29. The molecule has 0 fully saturated rings. The van der Waals surface area contributed by atoms with Gasteiger partial charge in [-0.25, -0.2) is 0 Å². The maximum atomic E-state index is 4.29. The molecule has 1 N–H and O–H groups in total. The Labute approximate surface area is 108 Å². The van der Waals surface area contributed by atoms with Crippen LogP contribution in [0.25, 0.3) is 0 Å². The van der Waals surface area contributed by atoms with Crippen molar-refractivity contribution in [1.29, 1.82) is 0 Å². The molecule has 4 heteroatoms. The topological polar surface area (TPSA) is 42.7 Å². The van der Waals surface area contributed by atoms with Gasteiger partial charge in [0.2, 0.25) is 0 Å². The van der Waals surface area contributed by atoms with Crippen LogP contribution >= 0.6 is 0 Å². The van der Waals surface area contributed by atoms with E-state index in [1.165, 1.54) is 5.56 Å². The average molecular weight is 244 g/mol. The van der Waals surface area contributed by atoms with Gasteiger partial charge in [0.15, 0.2) is 0 Å². The molecule has 4 nitrogen and oxygen atoms in total. The van der Waals surface area contributed by atoms with Gasteiger partial charge in [-0.3, -0.25) is 9.67 Å². The predicted molar refractivity (Wildman–Crippen MR) is 72.2 cm³/mol. The average Bonchev–Trinajstić information content (AvgIpc) is 2.90. The fraction of sp³-hybridized carbons (Fsp3) is 0.429. The highest BCUT2D eigenvalue weighted by molar-refractivity contribution is 5.17. The molecule has 2 heterocycles. The van der Waals surface area contributed by atoms with Crippen LogP contribution in [0.3, 0.4) is 0 Å². The molecule has 0 saturated carbocycles. The molecule has 2 aromatic heterocycles. The second-order valence-electron chi connectivity index (χ2n) is 4.64. The highest BCUT2D eigenvalue weighted by atomic mass is 15.3. The first-order valence-corrected chi connectivity index (χ1v) is 6.31. The minimum absolute atomic E-state index is 0.331. The lowest BCUT2D eigenvalue weighted by Crippen LogP contribution is -2.33. The number of nitrogens with zero attached hydrogens (tertiary/aromatic N) is 3. The second kappa shape index (κ2) is 5.78. The van der Waals surface area contributed by atoms with E-state index in [1.54, 1.807) is 0 Å². The lowest BCUT2D eigenvalue weighted by molar-refractivity contribution is 0.364. The zero-order valence-electron chi connectivity index (χ0n) is 11.2. The molecule has 2 aromatic rings. The van der Waals surface area contributed by atoms with Crippen LogP contribution in [0.1, 0.15) is 31.1 Å². The molecule has 96 valence electrons. The fourth-order valence-electron chi connectivity index (χ4n) is 1.90. The summed E-state index contributed by atoms with van der Waals surface area (Å²) in [4.78, 5) is 4.29. The Morgan fingerprint density at radius 2 is 2.11 bits per heavy atom. The Morgan fingerprint density at radius 1 is 1.28 bits per heavy atom. The van der Waals surface area contributed by atoms with E-state index in [0.29, 0.717) is 12.1 Å². The Hall–Kier alpha value is -1.68. The van der Waals surface area contributed by atoms with Gasteiger partial charge in [0.1, 0.15) is 0 Å². The normalized spacial score (nSPS) is 14.4. The van der Waals surface area contributed by atoms with Crippen molar-refractivity contribution in [1.82, 2.24) is 20.1 Å². The van der Waals surface area contributed by atoms with E-state index in [1.807, 2.05) is 42.3 Å². The summed E-state index contributed by atoms with van der Waals surface area (Å²) in [6, 6.07) is 6.72.